The number of hydrogen-bond acceptors (Lipinski definition) is 3. The topological polar surface area (TPSA) is 75.4 Å². The van der Waals surface area contributed by atoms with Gasteiger partial charge in [-0.25, -0.2) is 0 Å². The first-order chi connectivity index (χ1) is 7.01. The van der Waals surface area contributed by atoms with Crippen LogP contribution in [0.2, 0.25) is 0 Å². The Hall–Kier alpha value is -0.650. The number of likely N-dealkylation sites (N-methyl/N-ethyl adjacent to an activating group) is 1. The summed E-state index contributed by atoms with van der Waals surface area (Å²) in [4.78, 5) is 10.9. The molecular formula is C10H22N3O2+. The Labute approximate surface area is 90.8 Å². The molecule has 0 aromatic heterocycles. The molecule has 0 amide bonds. The van der Waals surface area contributed by atoms with Crippen molar-refractivity contribution in [3.8, 4) is 0 Å². The van der Waals surface area contributed by atoms with Gasteiger partial charge >= 0.3 is 5.97 Å². The molecule has 0 aromatic carbocycles. The lowest BCUT2D eigenvalue weighted by atomic mass is 10.0. The molecule has 1 saturated heterocycles. The Kier molecular flexibility index (Phi) is 4.07. The number of carbonyl (C=O) groups is 1. The van der Waals surface area contributed by atoms with Crippen LogP contribution in [0.5, 0.6) is 0 Å². The molecule has 1 aliphatic heterocycles. The first-order valence-corrected chi connectivity index (χ1v) is 5.54. The first-order valence-electron chi connectivity index (χ1n) is 5.54. The largest absolute Gasteiger partial charge is 0.480 e. The van der Waals surface area contributed by atoms with Crippen molar-refractivity contribution in [2.75, 3.05) is 33.2 Å². The van der Waals surface area contributed by atoms with Crippen LogP contribution in [0, 0.1) is 0 Å². The first kappa shape index (κ1) is 12.4. The molecule has 1 aliphatic rings. The SMILES string of the molecule is CCC(C(N)C(=O)O)[N+]1(C)CCNCC1. The van der Waals surface area contributed by atoms with Crippen molar-refractivity contribution in [3.05, 3.63) is 0 Å². The molecule has 1 rings (SSSR count). The fourth-order valence-electron chi connectivity index (χ4n) is 2.48. The van der Waals surface area contributed by atoms with Crippen molar-refractivity contribution < 1.29 is 14.4 Å². The van der Waals surface area contributed by atoms with E-state index in [0.29, 0.717) is 0 Å². The normalized spacial score (nSPS) is 24.5. The number of piperazine rings is 1. The number of quaternary nitrogens is 1. The summed E-state index contributed by atoms with van der Waals surface area (Å²) < 4.78 is 0.775. The summed E-state index contributed by atoms with van der Waals surface area (Å²) in [6, 6.07) is -0.734. The highest BCUT2D eigenvalue weighted by atomic mass is 16.4. The zero-order chi connectivity index (χ0) is 11.5. The smallest absolute Gasteiger partial charge is 0.326 e. The van der Waals surface area contributed by atoms with Crippen LogP contribution in [-0.4, -0.2) is 60.9 Å². The van der Waals surface area contributed by atoms with E-state index in [-0.39, 0.29) is 6.04 Å². The monoisotopic (exact) mass is 216 g/mol. The van der Waals surface area contributed by atoms with Crippen molar-refractivity contribution >= 4 is 5.97 Å². The molecule has 0 radical (unpaired) electrons. The molecule has 1 heterocycles. The van der Waals surface area contributed by atoms with Crippen LogP contribution in [0.25, 0.3) is 0 Å². The van der Waals surface area contributed by atoms with Gasteiger partial charge in [-0.3, -0.25) is 4.79 Å². The third kappa shape index (κ3) is 2.68. The van der Waals surface area contributed by atoms with E-state index in [9.17, 15) is 4.79 Å². The number of carboxylic acids is 1. The van der Waals surface area contributed by atoms with Gasteiger partial charge in [0.05, 0.1) is 20.1 Å². The van der Waals surface area contributed by atoms with Crippen molar-refractivity contribution in [2.45, 2.75) is 25.4 Å². The van der Waals surface area contributed by atoms with E-state index in [1.54, 1.807) is 0 Å². The quantitative estimate of drug-likeness (QED) is 0.539. The zero-order valence-electron chi connectivity index (χ0n) is 9.57. The van der Waals surface area contributed by atoms with Gasteiger partial charge in [0.15, 0.2) is 6.04 Å². The maximum atomic E-state index is 10.9. The Morgan fingerprint density at radius 1 is 1.53 bits per heavy atom. The highest BCUT2D eigenvalue weighted by Gasteiger charge is 2.39. The number of nitrogens with one attached hydrogen (secondary N) is 1. The van der Waals surface area contributed by atoms with Crippen LogP contribution in [-0.2, 0) is 4.79 Å². The maximum Gasteiger partial charge on any atom is 0.326 e. The molecule has 0 aliphatic carbocycles. The molecule has 0 bridgehead atoms. The zero-order valence-corrected chi connectivity index (χ0v) is 9.57. The molecule has 5 nitrogen and oxygen atoms in total. The second kappa shape index (κ2) is 4.92. The summed E-state index contributed by atoms with van der Waals surface area (Å²) in [5, 5.41) is 12.3. The summed E-state index contributed by atoms with van der Waals surface area (Å²) >= 11 is 0. The number of carboxylic acid groups (broad SMARTS) is 1. The third-order valence-corrected chi connectivity index (χ3v) is 3.52. The second-order valence-electron chi connectivity index (χ2n) is 4.52. The van der Waals surface area contributed by atoms with E-state index in [4.69, 9.17) is 10.8 Å². The van der Waals surface area contributed by atoms with Gasteiger partial charge in [0.1, 0.15) is 6.04 Å². The molecule has 4 N–H and O–H groups in total. The van der Waals surface area contributed by atoms with Crippen LogP contribution in [0.1, 0.15) is 13.3 Å². The average Bonchev–Trinajstić information content (AvgIpc) is 2.19. The van der Waals surface area contributed by atoms with Crippen LogP contribution < -0.4 is 11.1 Å². The standard InChI is InChI=1S/C10H21N3O2/c1-3-8(9(11)10(14)15)13(2)6-4-12-5-7-13/h8-9,12H,3-7,11H2,1-2H3/p+1. The summed E-state index contributed by atoms with van der Waals surface area (Å²) in [7, 11) is 2.11. The summed E-state index contributed by atoms with van der Waals surface area (Å²) in [6.07, 6.45) is 0.809. The van der Waals surface area contributed by atoms with E-state index in [1.807, 2.05) is 6.92 Å². The molecule has 0 saturated carbocycles. The van der Waals surface area contributed by atoms with Gasteiger partial charge in [-0.1, -0.05) is 6.92 Å². The van der Waals surface area contributed by atoms with Gasteiger partial charge in [-0.05, 0) is 6.42 Å². The summed E-state index contributed by atoms with van der Waals surface area (Å²) in [5.74, 6) is -0.889. The second-order valence-corrected chi connectivity index (χ2v) is 4.52. The molecule has 1 fully saturated rings. The molecule has 15 heavy (non-hydrogen) atoms. The molecule has 5 heteroatoms. The van der Waals surface area contributed by atoms with Crippen LogP contribution in [0.3, 0.4) is 0 Å². The van der Waals surface area contributed by atoms with Crippen molar-refractivity contribution in [3.63, 3.8) is 0 Å². The molecule has 0 spiro atoms. The maximum absolute atomic E-state index is 10.9. The number of hydrogen-bond donors (Lipinski definition) is 3. The van der Waals surface area contributed by atoms with E-state index >= 15 is 0 Å². The lowest BCUT2D eigenvalue weighted by molar-refractivity contribution is -0.935. The van der Waals surface area contributed by atoms with Crippen molar-refractivity contribution in [2.24, 2.45) is 5.73 Å². The molecule has 88 valence electrons. The lowest BCUT2D eigenvalue weighted by Crippen LogP contribution is -2.66. The Bertz CT molecular complexity index is 227. The lowest BCUT2D eigenvalue weighted by Gasteiger charge is -2.45. The summed E-state index contributed by atoms with van der Waals surface area (Å²) in [5.41, 5.74) is 5.75. The highest BCUT2D eigenvalue weighted by Crippen LogP contribution is 2.17. The van der Waals surface area contributed by atoms with Gasteiger partial charge < -0.3 is 20.6 Å². The van der Waals surface area contributed by atoms with Gasteiger partial charge in [0.2, 0.25) is 0 Å². The Morgan fingerprint density at radius 2 is 2.07 bits per heavy atom. The van der Waals surface area contributed by atoms with Gasteiger partial charge in [0.25, 0.3) is 0 Å². The minimum absolute atomic E-state index is 0.0181. The fraction of sp³-hybridized carbons (Fsp3) is 0.900. The van der Waals surface area contributed by atoms with Crippen LogP contribution in [0.4, 0.5) is 0 Å². The molecule has 2 unspecified atom stereocenters. The molecular weight excluding hydrogens is 194 g/mol. The van der Waals surface area contributed by atoms with Crippen LogP contribution in [0.15, 0.2) is 0 Å². The number of aliphatic carboxylic acids is 1. The van der Waals surface area contributed by atoms with E-state index in [1.165, 1.54) is 0 Å². The Balaban J connectivity index is 2.75. The van der Waals surface area contributed by atoms with Gasteiger partial charge in [-0.15, -0.1) is 0 Å². The average molecular weight is 216 g/mol. The number of rotatable bonds is 4. The van der Waals surface area contributed by atoms with Crippen molar-refractivity contribution in [1.29, 1.82) is 0 Å². The van der Waals surface area contributed by atoms with Gasteiger partial charge in [-0.2, -0.15) is 0 Å². The highest BCUT2D eigenvalue weighted by molar-refractivity contribution is 5.73. The summed E-state index contributed by atoms with van der Waals surface area (Å²) in [6.45, 7) is 5.82. The predicted molar refractivity (Wildman–Crippen MR) is 58.5 cm³/mol. The molecule has 0 aromatic rings. The Morgan fingerprint density at radius 3 is 2.47 bits per heavy atom. The molecule has 2 atom stereocenters. The minimum Gasteiger partial charge on any atom is -0.480 e. The van der Waals surface area contributed by atoms with E-state index in [2.05, 4.69) is 12.4 Å². The predicted octanol–water partition coefficient (Wildman–Crippen LogP) is -0.773. The van der Waals surface area contributed by atoms with E-state index < -0.39 is 12.0 Å². The number of nitrogens with zero attached hydrogens (tertiary/aromatic N) is 1. The minimum atomic E-state index is -0.889. The number of nitrogens with two attached hydrogens (primary N) is 1. The van der Waals surface area contributed by atoms with Crippen molar-refractivity contribution in [1.82, 2.24) is 5.32 Å². The van der Waals surface area contributed by atoms with Gasteiger partial charge in [0, 0.05) is 13.1 Å². The van der Waals surface area contributed by atoms with Crippen LogP contribution >= 0.6 is 0 Å². The fourth-order valence-corrected chi connectivity index (χ4v) is 2.48. The third-order valence-electron chi connectivity index (χ3n) is 3.52. The van der Waals surface area contributed by atoms with E-state index in [0.717, 1.165) is 37.1 Å².